The molecule has 6 heteroatoms. The standard InChI is InChI=1S/C21H30N4O2/c26-19(22-9-13-24-10-4-5-11-24)18-14-21(20(27)23-18)8-12-25(16-21)15-17-6-2-1-3-7-17/h1-3,6-7,18H,4-5,8-16H2,(H,22,26)(H,23,27)/t18-,21-/m0/s1. The van der Waals surface area contributed by atoms with Crippen molar-refractivity contribution >= 4 is 11.8 Å². The minimum Gasteiger partial charge on any atom is -0.353 e. The Balaban J connectivity index is 1.27. The molecule has 0 aromatic heterocycles. The van der Waals surface area contributed by atoms with E-state index in [0.29, 0.717) is 13.0 Å². The number of nitrogens with zero attached hydrogens (tertiary/aromatic N) is 2. The number of likely N-dealkylation sites (tertiary alicyclic amines) is 2. The zero-order valence-corrected chi connectivity index (χ0v) is 16.0. The molecule has 2 N–H and O–H groups in total. The summed E-state index contributed by atoms with van der Waals surface area (Å²) in [5.41, 5.74) is 0.871. The van der Waals surface area contributed by atoms with Crippen molar-refractivity contribution in [2.24, 2.45) is 5.41 Å². The van der Waals surface area contributed by atoms with Crippen LogP contribution in [0.4, 0.5) is 0 Å². The van der Waals surface area contributed by atoms with Crippen LogP contribution in [0.3, 0.4) is 0 Å². The van der Waals surface area contributed by atoms with E-state index in [1.165, 1.54) is 18.4 Å². The lowest BCUT2D eigenvalue weighted by atomic mass is 9.84. The highest BCUT2D eigenvalue weighted by Gasteiger charge is 2.52. The summed E-state index contributed by atoms with van der Waals surface area (Å²) in [6.45, 7) is 6.35. The van der Waals surface area contributed by atoms with Gasteiger partial charge in [-0.25, -0.2) is 0 Å². The molecule has 0 saturated carbocycles. The average Bonchev–Trinajstić information content (AvgIpc) is 3.39. The summed E-state index contributed by atoms with van der Waals surface area (Å²) in [7, 11) is 0. The van der Waals surface area contributed by atoms with E-state index in [1.807, 2.05) is 18.2 Å². The predicted molar refractivity (Wildman–Crippen MR) is 104 cm³/mol. The number of carbonyl (C=O) groups is 2. The van der Waals surface area contributed by atoms with E-state index in [-0.39, 0.29) is 17.9 Å². The molecule has 0 unspecified atom stereocenters. The van der Waals surface area contributed by atoms with Gasteiger partial charge in [-0.3, -0.25) is 14.5 Å². The summed E-state index contributed by atoms with van der Waals surface area (Å²) in [5, 5.41) is 5.98. The van der Waals surface area contributed by atoms with E-state index in [9.17, 15) is 9.59 Å². The average molecular weight is 370 g/mol. The molecule has 3 aliphatic rings. The maximum Gasteiger partial charge on any atom is 0.242 e. The van der Waals surface area contributed by atoms with Crippen molar-refractivity contribution in [3.8, 4) is 0 Å². The normalized spacial score (nSPS) is 28.7. The Kier molecular flexibility index (Phi) is 5.45. The minimum atomic E-state index is -0.397. The van der Waals surface area contributed by atoms with Crippen molar-refractivity contribution in [2.45, 2.75) is 38.3 Å². The van der Waals surface area contributed by atoms with E-state index < -0.39 is 5.41 Å². The van der Waals surface area contributed by atoms with Gasteiger partial charge < -0.3 is 15.5 Å². The summed E-state index contributed by atoms with van der Waals surface area (Å²) in [4.78, 5) is 29.9. The van der Waals surface area contributed by atoms with Crippen LogP contribution >= 0.6 is 0 Å². The third-order valence-electron chi connectivity index (χ3n) is 6.31. The van der Waals surface area contributed by atoms with Gasteiger partial charge in [0, 0.05) is 26.2 Å². The van der Waals surface area contributed by atoms with Gasteiger partial charge in [0.2, 0.25) is 11.8 Å². The summed E-state index contributed by atoms with van der Waals surface area (Å²) in [5.74, 6) is 0.0266. The molecule has 6 nitrogen and oxygen atoms in total. The second-order valence-corrected chi connectivity index (χ2v) is 8.30. The number of amides is 2. The van der Waals surface area contributed by atoms with Gasteiger partial charge in [0.1, 0.15) is 6.04 Å². The van der Waals surface area contributed by atoms with Crippen molar-refractivity contribution in [3.63, 3.8) is 0 Å². The van der Waals surface area contributed by atoms with E-state index in [2.05, 4.69) is 32.6 Å². The van der Waals surface area contributed by atoms with Gasteiger partial charge in [-0.2, -0.15) is 0 Å². The van der Waals surface area contributed by atoms with Gasteiger partial charge in [-0.05, 0) is 50.9 Å². The molecule has 0 aliphatic carbocycles. The number of benzene rings is 1. The minimum absolute atomic E-state index is 0.0269. The van der Waals surface area contributed by atoms with E-state index >= 15 is 0 Å². The molecule has 1 aromatic rings. The Morgan fingerprint density at radius 2 is 1.93 bits per heavy atom. The lowest BCUT2D eigenvalue weighted by molar-refractivity contribution is -0.128. The van der Waals surface area contributed by atoms with Gasteiger partial charge >= 0.3 is 0 Å². The van der Waals surface area contributed by atoms with Gasteiger partial charge in [0.25, 0.3) is 0 Å². The van der Waals surface area contributed by atoms with Crippen LogP contribution in [0.2, 0.25) is 0 Å². The highest BCUT2D eigenvalue weighted by molar-refractivity contribution is 5.94. The highest BCUT2D eigenvalue weighted by atomic mass is 16.2. The molecule has 0 radical (unpaired) electrons. The first kappa shape index (κ1) is 18.4. The van der Waals surface area contributed by atoms with Crippen molar-refractivity contribution in [1.29, 1.82) is 0 Å². The van der Waals surface area contributed by atoms with Crippen LogP contribution in [0.25, 0.3) is 0 Å². The molecule has 146 valence electrons. The first-order chi connectivity index (χ1) is 13.1. The molecule has 3 saturated heterocycles. The van der Waals surface area contributed by atoms with E-state index in [4.69, 9.17) is 0 Å². The van der Waals surface area contributed by atoms with Crippen molar-refractivity contribution in [1.82, 2.24) is 20.4 Å². The fraction of sp³-hybridized carbons (Fsp3) is 0.619. The Hall–Kier alpha value is -1.92. The molecule has 3 fully saturated rings. The largest absolute Gasteiger partial charge is 0.353 e. The monoisotopic (exact) mass is 370 g/mol. The number of rotatable bonds is 6. The second kappa shape index (κ2) is 7.98. The number of hydrogen-bond acceptors (Lipinski definition) is 4. The molecule has 2 atom stereocenters. The third kappa shape index (κ3) is 4.17. The number of nitrogens with one attached hydrogen (secondary N) is 2. The molecule has 1 spiro atoms. The molecular weight excluding hydrogens is 340 g/mol. The lowest BCUT2D eigenvalue weighted by Gasteiger charge is -2.21. The first-order valence-corrected chi connectivity index (χ1v) is 10.2. The van der Waals surface area contributed by atoms with Gasteiger partial charge in [0.15, 0.2) is 0 Å². The van der Waals surface area contributed by atoms with Crippen LogP contribution in [0.1, 0.15) is 31.2 Å². The number of hydrogen-bond donors (Lipinski definition) is 2. The van der Waals surface area contributed by atoms with Crippen molar-refractivity contribution < 1.29 is 9.59 Å². The molecule has 1 aromatic carbocycles. The number of carbonyl (C=O) groups excluding carboxylic acids is 2. The van der Waals surface area contributed by atoms with Gasteiger partial charge in [-0.1, -0.05) is 30.3 Å². The lowest BCUT2D eigenvalue weighted by Crippen LogP contribution is -2.44. The zero-order valence-electron chi connectivity index (χ0n) is 16.0. The summed E-state index contributed by atoms with van der Waals surface area (Å²) >= 11 is 0. The Bertz CT molecular complexity index is 674. The van der Waals surface area contributed by atoms with Crippen molar-refractivity contribution in [2.75, 3.05) is 39.3 Å². The first-order valence-electron chi connectivity index (χ1n) is 10.2. The summed E-state index contributed by atoms with van der Waals surface area (Å²) < 4.78 is 0. The quantitative estimate of drug-likeness (QED) is 0.784. The molecule has 2 amide bonds. The molecule has 3 heterocycles. The van der Waals surface area contributed by atoms with Gasteiger partial charge in [0.05, 0.1) is 5.41 Å². The fourth-order valence-electron chi connectivity index (χ4n) is 4.76. The SMILES string of the molecule is O=C(NCCN1CCCC1)[C@@H]1C[C@]2(CCN(Cc3ccccc3)C2)C(=O)N1. The Morgan fingerprint density at radius 1 is 1.15 bits per heavy atom. The Morgan fingerprint density at radius 3 is 2.70 bits per heavy atom. The second-order valence-electron chi connectivity index (χ2n) is 8.30. The third-order valence-corrected chi connectivity index (χ3v) is 6.31. The van der Waals surface area contributed by atoms with Crippen LogP contribution in [0, 0.1) is 5.41 Å². The summed E-state index contributed by atoms with van der Waals surface area (Å²) in [6, 6.07) is 9.98. The maximum absolute atomic E-state index is 12.7. The molecule has 3 aliphatic heterocycles. The maximum atomic E-state index is 12.7. The molecular formula is C21H30N4O2. The van der Waals surface area contributed by atoms with Crippen LogP contribution in [-0.2, 0) is 16.1 Å². The van der Waals surface area contributed by atoms with Crippen molar-refractivity contribution in [3.05, 3.63) is 35.9 Å². The zero-order chi connectivity index (χ0) is 18.7. The van der Waals surface area contributed by atoms with E-state index in [0.717, 1.165) is 45.7 Å². The van der Waals surface area contributed by atoms with Crippen LogP contribution in [0.5, 0.6) is 0 Å². The van der Waals surface area contributed by atoms with Crippen LogP contribution < -0.4 is 10.6 Å². The molecule has 27 heavy (non-hydrogen) atoms. The Labute approximate surface area is 161 Å². The van der Waals surface area contributed by atoms with E-state index in [1.54, 1.807) is 0 Å². The van der Waals surface area contributed by atoms with Crippen LogP contribution in [0.15, 0.2) is 30.3 Å². The smallest absolute Gasteiger partial charge is 0.242 e. The fourth-order valence-corrected chi connectivity index (χ4v) is 4.76. The molecule has 0 bridgehead atoms. The van der Waals surface area contributed by atoms with Crippen LogP contribution in [-0.4, -0.2) is 66.9 Å². The predicted octanol–water partition coefficient (Wildman–Crippen LogP) is 0.979. The topological polar surface area (TPSA) is 64.7 Å². The highest BCUT2D eigenvalue weighted by Crippen LogP contribution is 2.40. The van der Waals surface area contributed by atoms with Gasteiger partial charge in [-0.15, -0.1) is 0 Å². The molecule has 4 rings (SSSR count). The summed E-state index contributed by atoms with van der Waals surface area (Å²) in [6.07, 6.45) is 3.97.